The predicted octanol–water partition coefficient (Wildman–Crippen LogP) is 8.74. The fraction of sp³-hybridized carbons (Fsp3) is 0.471. The van der Waals surface area contributed by atoms with Gasteiger partial charge in [-0.3, -0.25) is 9.97 Å². The molecule has 24 heteroatoms. The summed E-state index contributed by atoms with van der Waals surface area (Å²) in [4.78, 5) is 47.6. The van der Waals surface area contributed by atoms with Crippen molar-refractivity contribution in [3.63, 3.8) is 0 Å². The molecular formula is C51H59BrCl3N15O5. The third kappa shape index (κ3) is 10.8. The van der Waals surface area contributed by atoms with Crippen molar-refractivity contribution in [2.45, 2.75) is 104 Å². The van der Waals surface area contributed by atoms with E-state index in [0.29, 0.717) is 73.6 Å². The molecule has 0 fully saturated rings. The number of aryl methyl sites for hydroxylation is 2. The SMILES string of the molecule is CCCc1cnc(CN2CC(CCC)c3c(Cl)nc(N)nc32)c(C)c1OCOCC1CN(Cc2ncc(C)c(OCOCC3CN(Cc4cc5c(nc4Br)CCO5)c4nc(N)nc(Cl)c43)c2C)c2nc(N)nc(Cl)c21. The zero-order valence-electron chi connectivity index (χ0n) is 42.4. The maximum absolute atomic E-state index is 6.83. The van der Waals surface area contributed by atoms with Crippen molar-refractivity contribution in [3.05, 3.63) is 100 Å². The van der Waals surface area contributed by atoms with E-state index >= 15 is 0 Å². The molecule has 0 aliphatic carbocycles. The fourth-order valence-corrected chi connectivity index (χ4v) is 12.2. The highest BCUT2D eigenvalue weighted by molar-refractivity contribution is 9.10. The largest absolute Gasteiger partial charge is 0.491 e. The summed E-state index contributed by atoms with van der Waals surface area (Å²) < 4.78 is 31.9. The van der Waals surface area contributed by atoms with Gasteiger partial charge in [0.05, 0.1) is 50.0 Å². The molecule has 0 spiro atoms. The van der Waals surface area contributed by atoms with Crippen LogP contribution in [-0.4, -0.2) is 97.9 Å². The van der Waals surface area contributed by atoms with Gasteiger partial charge >= 0.3 is 0 Å². The fourth-order valence-electron chi connectivity index (χ4n) is 10.7. The van der Waals surface area contributed by atoms with Gasteiger partial charge in [0.1, 0.15) is 54.8 Å². The summed E-state index contributed by atoms with van der Waals surface area (Å²) >= 11 is 23.9. The number of ether oxygens (including phenoxy) is 5. The van der Waals surface area contributed by atoms with E-state index in [1.807, 2.05) is 33.0 Å². The van der Waals surface area contributed by atoms with E-state index in [1.54, 1.807) is 6.20 Å². The van der Waals surface area contributed by atoms with Crippen LogP contribution in [-0.2, 0) is 41.9 Å². The summed E-state index contributed by atoms with van der Waals surface area (Å²) in [5.41, 5.74) is 28.0. The molecule has 6 aromatic rings. The standard InChI is InChI=1S/C51H59BrCl3N15O5/c1-6-8-28-14-60-35(20-69-15-29(9-7-2)37-43(53)62-49(56)65-46(37)69)27(5)41(28)75-24-72-22-32-18-70(48-39(32)45(55)64-51(58)67-48)19-34-26(4)40(25(3)13-59-34)74-23-71-21-31-17-68(47-38(31)44(54)63-50(57)66-47)16-30-12-36-33(10-11-73-36)61-42(30)52/h12-14,29,31-32H,6-11,15-24H2,1-5H3,(H2,56,62,65)(H2,57,63,66)(H2,58,64,67). The number of anilines is 6. The van der Waals surface area contributed by atoms with Gasteiger partial charge in [0.15, 0.2) is 13.6 Å². The molecular weight excluding hydrogens is 1090 g/mol. The van der Waals surface area contributed by atoms with Crippen LogP contribution in [0.4, 0.5) is 35.3 Å². The molecule has 0 amide bonds. The maximum Gasteiger partial charge on any atom is 0.223 e. The van der Waals surface area contributed by atoms with Crippen molar-refractivity contribution in [1.29, 1.82) is 0 Å². The van der Waals surface area contributed by atoms with Gasteiger partial charge in [-0.25, -0.2) is 19.9 Å². The number of nitrogen functional groups attached to an aromatic ring is 3. The van der Waals surface area contributed by atoms with E-state index in [0.717, 1.165) is 122 Å². The molecule has 0 radical (unpaired) electrons. The Morgan fingerprint density at radius 1 is 0.640 bits per heavy atom. The number of aromatic nitrogens is 9. The van der Waals surface area contributed by atoms with Crippen molar-refractivity contribution in [2.24, 2.45) is 0 Å². The second kappa shape index (κ2) is 22.4. The van der Waals surface area contributed by atoms with Gasteiger partial charge in [0, 0.05) is 107 Å². The highest BCUT2D eigenvalue weighted by Gasteiger charge is 2.37. The number of nitrogens with two attached hydrogens (primary N) is 3. The van der Waals surface area contributed by atoms with E-state index < -0.39 is 0 Å². The lowest BCUT2D eigenvalue weighted by atomic mass is 9.99. The van der Waals surface area contributed by atoms with Gasteiger partial charge in [-0.05, 0) is 55.6 Å². The molecule has 3 atom stereocenters. The maximum atomic E-state index is 6.83. The van der Waals surface area contributed by atoms with Crippen LogP contribution in [0.2, 0.25) is 15.5 Å². The van der Waals surface area contributed by atoms with Crippen molar-refractivity contribution in [2.75, 3.05) is 84.9 Å². The first-order valence-electron chi connectivity index (χ1n) is 25.1. The van der Waals surface area contributed by atoms with Crippen molar-refractivity contribution < 1.29 is 23.7 Å². The van der Waals surface area contributed by atoms with Crippen LogP contribution in [0.3, 0.4) is 0 Å². The number of pyridine rings is 3. The molecule has 396 valence electrons. The summed E-state index contributed by atoms with van der Waals surface area (Å²) in [5, 5.41) is 0.972. The second-order valence-electron chi connectivity index (χ2n) is 19.4. The molecule has 10 rings (SSSR count). The monoisotopic (exact) mass is 1150 g/mol. The lowest BCUT2D eigenvalue weighted by molar-refractivity contribution is 0.00831. The van der Waals surface area contributed by atoms with Crippen molar-refractivity contribution in [1.82, 2.24) is 44.9 Å². The number of rotatable bonds is 20. The van der Waals surface area contributed by atoms with Crippen LogP contribution in [0.1, 0.15) is 112 Å². The molecule has 6 N–H and O–H groups in total. The Labute approximate surface area is 458 Å². The number of hydrogen-bond donors (Lipinski definition) is 3. The van der Waals surface area contributed by atoms with E-state index in [9.17, 15) is 0 Å². The molecule has 4 aliphatic rings. The lowest BCUT2D eigenvalue weighted by Crippen LogP contribution is -2.25. The van der Waals surface area contributed by atoms with Crippen molar-refractivity contribution >= 4 is 86.0 Å². The Morgan fingerprint density at radius 3 is 1.71 bits per heavy atom. The van der Waals surface area contributed by atoms with E-state index in [1.165, 1.54) is 0 Å². The third-order valence-electron chi connectivity index (χ3n) is 14.2. The normalized spacial score (nSPS) is 17.3. The minimum absolute atomic E-state index is 0.00614. The number of fused-ring (bicyclic) bond motifs is 4. The van der Waals surface area contributed by atoms with E-state index in [-0.39, 0.29) is 60.9 Å². The molecule has 0 saturated heterocycles. The number of nitrogens with zero attached hydrogens (tertiary/aromatic N) is 12. The van der Waals surface area contributed by atoms with Crippen LogP contribution in [0, 0.1) is 20.8 Å². The van der Waals surface area contributed by atoms with Gasteiger partial charge in [0.2, 0.25) is 17.8 Å². The van der Waals surface area contributed by atoms with Gasteiger partial charge in [-0.2, -0.15) is 15.0 Å². The van der Waals surface area contributed by atoms with Gasteiger partial charge < -0.3 is 55.6 Å². The zero-order valence-corrected chi connectivity index (χ0v) is 46.3. The molecule has 20 nitrogen and oxygen atoms in total. The molecule has 6 aromatic heterocycles. The molecule has 0 aromatic carbocycles. The molecule has 0 bridgehead atoms. The first-order chi connectivity index (χ1) is 36.2. The van der Waals surface area contributed by atoms with Gasteiger partial charge in [-0.1, -0.05) is 61.5 Å². The first kappa shape index (κ1) is 52.6. The smallest absolute Gasteiger partial charge is 0.223 e. The van der Waals surface area contributed by atoms with Gasteiger partial charge in [0.25, 0.3) is 0 Å². The Morgan fingerprint density at radius 2 is 1.15 bits per heavy atom. The Balaban J connectivity index is 0.779. The average molecular weight is 1150 g/mol. The highest BCUT2D eigenvalue weighted by Crippen LogP contribution is 2.45. The Kier molecular flexibility index (Phi) is 15.7. The van der Waals surface area contributed by atoms with Gasteiger partial charge in [-0.15, -0.1) is 0 Å². The highest BCUT2D eigenvalue weighted by atomic mass is 79.9. The van der Waals surface area contributed by atoms with Crippen LogP contribution in [0.15, 0.2) is 23.1 Å². The predicted molar refractivity (Wildman–Crippen MR) is 291 cm³/mol. The minimum Gasteiger partial charge on any atom is -0.491 e. The molecule has 10 heterocycles. The summed E-state index contributed by atoms with van der Waals surface area (Å²) in [6.45, 7) is 14.6. The lowest BCUT2D eigenvalue weighted by Gasteiger charge is -2.22. The summed E-state index contributed by atoms with van der Waals surface area (Å²) in [5.74, 6) is 4.41. The average Bonchev–Trinajstić information content (AvgIpc) is 4.16. The second-order valence-corrected chi connectivity index (χ2v) is 21.2. The number of hydrogen-bond acceptors (Lipinski definition) is 20. The summed E-state index contributed by atoms with van der Waals surface area (Å²) in [6.07, 6.45) is 8.15. The molecule has 4 aliphatic heterocycles. The van der Waals surface area contributed by atoms with Crippen LogP contribution < -0.4 is 46.1 Å². The third-order valence-corrected chi connectivity index (χ3v) is 15.8. The van der Waals surface area contributed by atoms with Crippen LogP contribution in [0.5, 0.6) is 17.2 Å². The molecule has 3 unspecified atom stereocenters. The summed E-state index contributed by atoms with van der Waals surface area (Å²) in [7, 11) is 0. The zero-order chi connectivity index (χ0) is 52.7. The topological polar surface area (TPSA) is 250 Å². The first-order valence-corrected chi connectivity index (χ1v) is 27.0. The quantitative estimate of drug-likeness (QED) is 0.0280. The molecule has 0 saturated carbocycles. The van der Waals surface area contributed by atoms with E-state index in [2.05, 4.69) is 74.4 Å². The van der Waals surface area contributed by atoms with Crippen molar-refractivity contribution in [3.8, 4) is 17.2 Å². The van der Waals surface area contributed by atoms with Crippen LogP contribution in [0.25, 0.3) is 0 Å². The van der Waals surface area contributed by atoms with E-state index in [4.69, 9.17) is 90.6 Å². The Bertz CT molecular complexity index is 3140. The van der Waals surface area contributed by atoms with Crippen LogP contribution >= 0.6 is 50.7 Å². The minimum atomic E-state index is -0.198. The Hall–Kier alpha value is -5.84. The summed E-state index contributed by atoms with van der Waals surface area (Å²) in [6, 6.07) is 2.02. The molecule has 75 heavy (non-hydrogen) atoms. The number of halogens is 4.